The van der Waals surface area contributed by atoms with E-state index in [4.69, 9.17) is 21.3 Å². The van der Waals surface area contributed by atoms with Crippen molar-refractivity contribution in [2.75, 3.05) is 6.61 Å². The average molecular weight is 450 g/mol. The van der Waals surface area contributed by atoms with Crippen molar-refractivity contribution in [1.82, 2.24) is 0 Å². The molecule has 0 saturated heterocycles. The van der Waals surface area contributed by atoms with Gasteiger partial charge in [-0.15, -0.1) is 0 Å². The molecule has 1 heterocycles. The molecule has 1 aliphatic carbocycles. The van der Waals surface area contributed by atoms with Gasteiger partial charge in [0.15, 0.2) is 5.78 Å². The van der Waals surface area contributed by atoms with E-state index >= 15 is 0 Å². The molecule has 1 aliphatic heterocycles. The van der Waals surface area contributed by atoms with Crippen molar-refractivity contribution in [3.63, 3.8) is 0 Å². The molecule has 2 aromatic carbocycles. The highest BCUT2D eigenvalue weighted by atomic mass is 35.5. The molecule has 0 aromatic heterocycles. The van der Waals surface area contributed by atoms with Gasteiger partial charge in [0.25, 0.3) is 0 Å². The summed E-state index contributed by atoms with van der Waals surface area (Å²) in [6, 6.07) is 17.5. The van der Waals surface area contributed by atoms with Crippen molar-refractivity contribution in [3.8, 4) is 0 Å². The van der Waals surface area contributed by atoms with E-state index in [1.165, 1.54) is 0 Å². The molecule has 5 heteroatoms. The second-order valence-corrected chi connectivity index (χ2v) is 9.52. The van der Waals surface area contributed by atoms with Crippen molar-refractivity contribution in [2.45, 2.75) is 45.4 Å². The Hall–Kier alpha value is -2.72. The lowest BCUT2D eigenvalue weighted by Crippen LogP contribution is -2.38. The summed E-state index contributed by atoms with van der Waals surface area (Å²) in [6.45, 7) is 6.19. The fourth-order valence-corrected chi connectivity index (χ4v) is 4.92. The highest BCUT2D eigenvalue weighted by Crippen LogP contribution is 2.47. The van der Waals surface area contributed by atoms with Crippen LogP contribution in [-0.4, -0.2) is 24.1 Å². The molecule has 4 rings (SSSR count). The number of ether oxygens (including phenoxy) is 1. The molecule has 3 atom stereocenters. The molecule has 32 heavy (non-hydrogen) atoms. The Morgan fingerprint density at radius 3 is 2.50 bits per heavy atom. The van der Waals surface area contributed by atoms with Gasteiger partial charge in [0.1, 0.15) is 5.92 Å². The highest BCUT2D eigenvalue weighted by Gasteiger charge is 2.44. The number of carbonyl (C=O) groups excluding carboxylic acids is 2. The fraction of sp³-hybridized carbons (Fsp3) is 0.370. The fourth-order valence-electron chi connectivity index (χ4n) is 4.72. The van der Waals surface area contributed by atoms with Gasteiger partial charge in [-0.3, -0.25) is 14.6 Å². The summed E-state index contributed by atoms with van der Waals surface area (Å²) in [5.74, 6) is -1.06. The topological polar surface area (TPSA) is 55.7 Å². The maximum Gasteiger partial charge on any atom is 0.315 e. The third-order valence-corrected chi connectivity index (χ3v) is 6.42. The van der Waals surface area contributed by atoms with Crippen LogP contribution in [-0.2, 0) is 14.3 Å². The number of hydrogen-bond acceptors (Lipinski definition) is 4. The van der Waals surface area contributed by atoms with Crippen molar-refractivity contribution in [3.05, 3.63) is 82.0 Å². The van der Waals surface area contributed by atoms with Gasteiger partial charge in [-0.1, -0.05) is 67.9 Å². The lowest BCUT2D eigenvalue weighted by atomic mass is 9.69. The number of nitrogens with zero attached hydrogens (tertiary/aromatic N) is 1. The first kappa shape index (κ1) is 22.5. The van der Waals surface area contributed by atoms with Gasteiger partial charge in [0, 0.05) is 34.3 Å². The number of aliphatic imine (C=N–C) groups is 1. The van der Waals surface area contributed by atoms with Crippen LogP contribution >= 0.6 is 11.6 Å². The zero-order chi connectivity index (χ0) is 22.8. The smallest absolute Gasteiger partial charge is 0.315 e. The van der Waals surface area contributed by atoms with E-state index in [0.717, 1.165) is 16.8 Å². The monoisotopic (exact) mass is 449 g/mol. The zero-order valence-corrected chi connectivity index (χ0v) is 19.4. The van der Waals surface area contributed by atoms with Gasteiger partial charge in [0.05, 0.1) is 6.61 Å². The molecular formula is C27H28ClNO3. The summed E-state index contributed by atoms with van der Waals surface area (Å²) < 4.78 is 5.61. The minimum absolute atomic E-state index is 0.0444. The number of rotatable bonds is 5. The quantitative estimate of drug-likeness (QED) is 0.517. The third-order valence-electron chi connectivity index (χ3n) is 6.18. The molecule has 0 saturated carbocycles. The molecule has 0 amide bonds. The lowest BCUT2D eigenvalue weighted by molar-refractivity contribution is -0.147. The van der Waals surface area contributed by atoms with Crippen LogP contribution in [0.4, 0.5) is 0 Å². The summed E-state index contributed by atoms with van der Waals surface area (Å²) in [4.78, 5) is 31.5. The molecule has 0 spiro atoms. The van der Waals surface area contributed by atoms with Crippen LogP contribution in [0.2, 0.25) is 5.02 Å². The second-order valence-electron chi connectivity index (χ2n) is 9.09. The molecule has 1 unspecified atom stereocenters. The van der Waals surface area contributed by atoms with Crippen molar-refractivity contribution in [1.29, 1.82) is 0 Å². The lowest BCUT2D eigenvalue weighted by Gasteiger charge is -2.36. The number of carbonyl (C=O) groups is 2. The van der Waals surface area contributed by atoms with Crippen molar-refractivity contribution < 1.29 is 14.3 Å². The van der Waals surface area contributed by atoms with Crippen molar-refractivity contribution in [2.24, 2.45) is 16.8 Å². The van der Waals surface area contributed by atoms with Gasteiger partial charge >= 0.3 is 5.97 Å². The van der Waals surface area contributed by atoms with Crippen molar-refractivity contribution >= 4 is 29.1 Å². The van der Waals surface area contributed by atoms with Gasteiger partial charge < -0.3 is 4.74 Å². The molecule has 0 N–H and O–H groups in total. The number of ketones is 1. The van der Waals surface area contributed by atoms with Crippen LogP contribution in [0.5, 0.6) is 0 Å². The third kappa shape index (κ3) is 4.56. The summed E-state index contributed by atoms with van der Waals surface area (Å²) >= 11 is 6.30. The minimum Gasteiger partial charge on any atom is -0.465 e. The number of Topliss-reactive ketones (excluding diaryl/α,β-unsaturated/α-hetero) is 1. The molecule has 0 radical (unpaired) electrons. The normalized spacial score (nSPS) is 23.1. The maximum absolute atomic E-state index is 13.5. The van der Waals surface area contributed by atoms with Gasteiger partial charge in [0.2, 0.25) is 0 Å². The number of halogens is 1. The van der Waals surface area contributed by atoms with Crippen LogP contribution in [0.3, 0.4) is 0 Å². The average Bonchev–Trinajstić information content (AvgIpc) is 2.77. The molecule has 0 bridgehead atoms. The van der Waals surface area contributed by atoms with Crippen LogP contribution in [0.1, 0.15) is 56.6 Å². The Bertz CT molecular complexity index is 1090. The van der Waals surface area contributed by atoms with Crippen LogP contribution in [0.25, 0.3) is 0 Å². The van der Waals surface area contributed by atoms with Gasteiger partial charge in [-0.2, -0.15) is 0 Å². The van der Waals surface area contributed by atoms with Crippen LogP contribution in [0.15, 0.2) is 70.9 Å². The van der Waals surface area contributed by atoms with E-state index in [9.17, 15) is 9.59 Å². The number of hydrogen-bond donors (Lipinski definition) is 0. The summed E-state index contributed by atoms with van der Waals surface area (Å²) in [6.07, 6.45) is 1.08. The Balaban J connectivity index is 1.77. The first-order valence-electron chi connectivity index (χ1n) is 11.1. The van der Waals surface area contributed by atoms with Gasteiger partial charge in [-0.25, -0.2) is 0 Å². The summed E-state index contributed by atoms with van der Waals surface area (Å²) in [5, 5.41) is 0.574. The Kier molecular flexibility index (Phi) is 6.61. The standard InChI is InChI=1S/C27H28ClNO3/c1-16(2)15-32-27(31)24-17(3)29-22-13-20(18-8-5-4-6-9-18)14-23(30)26(22)25(24)19-10-7-11-21(28)12-19/h4-12,16,20,24-25H,13-15H2,1-3H3/t20-,24?,25-/m1/s1. The highest BCUT2D eigenvalue weighted by molar-refractivity contribution is 6.30. The number of esters is 1. The second kappa shape index (κ2) is 9.41. The SMILES string of the molecule is CC1=NC2=C(C(=O)C[C@H](c3ccccc3)C2)[C@H](c2cccc(Cl)c2)C1C(=O)OCC(C)C. The first-order valence-corrected chi connectivity index (χ1v) is 11.5. The zero-order valence-electron chi connectivity index (χ0n) is 18.7. The predicted molar refractivity (Wildman–Crippen MR) is 127 cm³/mol. The summed E-state index contributed by atoms with van der Waals surface area (Å²) in [5.41, 5.74) is 4.08. The van der Waals surface area contributed by atoms with E-state index < -0.39 is 11.8 Å². The Morgan fingerprint density at radius 2 is 1.81 bits per heavy atom. The largest absolute Gasteiger partial charge is 0.465 e. The Labute approximate surface area is 194 Å². The molecule has 4 nitrogen and oxygen atoms in total. The van der Waals surface area contributed by atoms with Crippen LogP contribution in [0, 0.1) is 11.8 Å². The first-order chi connectivity index (χ1) is 15.3. The maximum atomic E-state index is 13.5. The molecule has 166 valence electrons. The predicted octanol–water partition coefficient (Wildman–Crippen LogP) is 6.11. The number of allylic oxidation sites excluding steroid dienone is 2. The van der Waals surface area contributed by atoms with E-state index in [0.29, 0.717) is 35.8 Å². The summed E-state index contributed by atoms with van der Waals surface area (Å²) in [7, 11) is 0. The van der Waals surface area contributed by atoms with E-state index in [1.807, 2.05) is 57.2 Å². The molecule has 0 fully saturated rings. The number of benzene rings is 2. The van der Waals surface area contributed by atoms with E-state index in [1.54, 1.807) is 6.07 Å². The van der Waals surface area contributed by atoms with Crippen LogP contribution < -0.4 is 0 Å². The van der Waals surface area contributed by atoms with E-state index in [2.05, 4.69) is 12.1 Å². The molecule has 2 aliphatic rings. The van der Waals surface area contributed by atoms with E-state index in [-0.39, 0.29) is 23.6 Å². The molecule has 2 aromatic rings. The minimum atomic E-state index is -0.636. The molecular weight excluding hydrogens is 422 g/mol. The van der Waals surface area contributed by atoms with Gasteiger partial charge in [-0.05, 0) is 48.4 Å². The Morgan fingerprint density at radius 1 is 1.09 bits per heavy atom.